The van der Waals surface area contributed by atoms with Crippen molar-refractivity contribution in [3.63, 3.8) is 0 Å². The maximum Gasteiger partial charge on any atom is 0.251 e. The Morgan fingerprint density at radius 1 is 1.23 bits per heavy atom. The van der Waals surface area contributed by atoms with Gasteiger partial charge >= 0.3 is 0 Å². The Labute approximate surface area is 185 Å². The Bertz CT molecular complexity index is 959. The maximum absolute atomic E-state index is 12.2. The van der Waals surface area contributed by atoms with Gasteiger partial charge in [-0.25, -0.2) is 15.0 Å². The first kappa shape index (κ1) is 22.7. The van der Waals surface area contributed by atoms with E-state index in [0.717, 1.165) is 51.6 Å². The van der Waals surface area contributed by atoms with Gasteiger partial charge in [-0.15, -0.1) is 23.1 Å². The number of ether oxygens (including phenoxy) is 1. The number of aromatic nitrogens is 3. The first-order chi connectivity index (χ1) is 14.6. The summed E-state index contributed by atoms with van der Waals surface area (Å²) in [5.74, 6) is 1.41. The van der Waals surface area contributed by atoms with Crippen molar-refractivity contribution in [2.75, 3.05) is 26.5 Å². The molecule has 2 aromatic heterocycles. The summed E-state index contributed by atoms with van der Waals surface area (Å²) in [7, 11) is 1.62. The molecule has 30 heavy (non-hydrogen) atoms. The Kier molecular flexibility index (Phi) is 8.60. The van der Waals surface area contributed by atoms with E-state index in [1.807, 2.05) is 36.8 Å². The lowest BCUT2D eigenvalue weighted by atomic mass is 10.00. The van der Waals surface area contributed by atoms with Crippen molar-refractivity contribution in [3.8, 4) is 0 Å². The minimum absolute atomic E-state index is 0.0784. The van der Waals surface area contributed by atoms with E-state index < -0.39 is 0 Å². The number of thiazole rings is 1. The smallest absolute Gasteiger partial charge is 0.251 e. The predicted molar refractivity (Wildman–Crippen MR) is 123 cm³/mol. The first-order valence-electron chi connectivity index (χ1n) is 10.1. The van der Waals surface area contributed by atoms with Gasteiger partial charge in [-0.1, -0.05) is 6.92 Å². The Morgan fingerprint density at radius 2 is 2.00 bits per heavy atom. The molecule has 3 aromatic rings. The van der Waals surface area contributed by atoms with Crippen LogP contribution in [-0.2, 0) is 17.6 Å². The van der Waals surface area contributed by atoms with Crippen molar-refractivity contribution >= 4 is 39.2 Å². The number of thioether (sulfide) groups is 1. The summed E-state index contributed by atoms with van der Waals surface area (Å²) in [6.07, 6.45) is 9.80. The molecule has 1 amide bonds. The molecule has 0 aliphatic rings. The summed E-state index contributed by atoms with van der Waals surface area (Å²) in [5.41, 5.74) is 1.62. The molecular formula is C22H28N4O2S2. The van der Waals surface area contributed by atoms with E-state index in [1.54, 1.807) is 30.2 Å². The van der Waals surface area contributed by atoms with Crippen LogP contribution in [-0.4, -0.2) is 47.4 Å². The molecule has 0 aliphatic carbocycles. The average Bonchev–Trinajstić information content (AvgIpc) is 3.19. The lowest BCUT2D eigenvalue weighted by Gasteiger charge is -2.09. The minimum atomic E-state index is -0.0784. The third-order valence-corrected chi connectivity index (χ3v) is 6.68. The maximum atomic E-state index is 12.2. The van der Waals surface area contributed by atoms with E-state index in [1.165, 1.54) is 0 Å². The summed E-state index contributed by atoms with van der Waals surface area (Å²) in [6.45, 7) is 3.28. The summed E-state index contributed by atoms with van der Waals surface area (Å²) >= 11 is 3.33. The fourth-order valence-electron chi connectivity index (χ4n) is 3.06. The van der Waals surface area contributed by atoms with Crippen LogP contribution in [0.1, 0.15) is 41.0 Å². The number of hydrogen-bond acceptors (Lipinski definition) is 7. The van der Waals surface area contributed by atoms with E-state index in [-0.39, 0.29) is 5.91 Å². The fourth-order valence-corrected chi connectivity index (χ4v) is 4.39. The van der Waals surface area contributed by atoms with Crippen molar-refractivity contribution in [2.24, 2.45) is 5.92 Å². The van der Waals surface area contributed by atoms with Crippen LogP contribution in [0, 0.1) is 5.92 Å². The molecule has 0 spiro atoms. The van der Waals surface area contributed by atoms with Crippen LogP contribution in [0.5, 0.6) is 0 Å². The Hall–Kier alpha value is -2.03. The molecule has 1 atom stereocenters. The molecular weight excluding hydrogens is 416 g/mol. The van der Waals surface area contributed by atoms with Crippen molar-refractivity contribution in [1.29, 1.82) is 0 Å². The number of fused-ring (bicyclic) bond motifs is 1. The molecule has 0 bridgehead atoms. The number of rotatable bonds is 11. The van der Waals surface area contributed by atoms with Crippen molar-refractivity contribution in [1.82, 2.24) is 20.3 Å². The van der Waals surface area contributed by atoms with E-state index in [4.69, 9.17) is 9.72 Å². The van der Waals surface area contributed by atoms with Gasteiger partial charge in [0.15, 0.2) is 0 Å². The summed E-state index contributed by atoms with van der Waals surface area (Å²) in [4.78, 5) is 26.9. The molecule has 3 rings (SSSR count). The van der Waals surface area contributed by atoms with Gasteiger partial charge < -0.3 is 10.1 Å². The number of nitrogens with zero attached hydrogens (tertiary/aromatic N) is 3. The zero-order valence-electron chi connectivity index (χ0n) is 17.7. The van der Waals surface area contributed by atoms with E-state index in [2.05, 4.69) is 22.2 Å². The quantitative estimate of drug-likeness (QED) is 0.349. The van der Waals surface area contributed by atoms with Crippen LogP contribution < -0.4 is 5.32 Å². The summed E-state index contributed by atoms with van der Waals surface area (Å²) < 4.78 is 6.02. The molecule has 160 valence electrons. The SMILES string of the molecule is COCCNC(=O)c1ccc2nc(CC[C@@H](C)CCc3ncc(SC)cn3)sc2c1. The molecule has 0 saturated carbocycles. The minimum Gasteiger partial charge on any atom is -0.383 e. The number of methoxy groups -OCH3 is 1. The number of carbonyl (C=O) groups excluding carboxylic acids is 1. The first-order valence-corrected chi connectivity index (χ1v) is 12.1. The molecule has 0 fully saturated rings. The molecule has 0 radical (unpaired) electrons. The van der Waals surface area contributed by atoms with Crippen LogP contribution in [0.2, 0.25) is 0 Å². The van der Waals surface area contributed by atoms with E-state index >= 15 is 0 Å². The topological polar surface area (TPSA) is 77.0 Å². The molecule has 1 aromatic carbocycles. The number of hydrogen-bond donors (Lipinski definition) is 1. The molecule has 2 heterocycles. The molecule has 0 aliphatic heterocycles. The second-order valence-electron chi connectivity index (χ2n) is 7.26. The zero-order chi connectivity index (χ0) is 21.3. The number of aryl methyl sites for hydroxylation is 2. The average molecular weight is 445 g/mol. The van der Waals surface area contributed by atoms with Crippen molar-refractivity contribution in [3.05, 3.63) is 47.0 Å². The highest BCUT2D eigenvalue weighted by Gasteiger charge is 2.11. The summed E-state index contributed by atoms with van der Waals surface area (Å²) in [5, 5.41) is 3.97. The second kappa shape index (κ2) is 11.4. The third kappa shape index (κ3) is 6.48. The second-order valence-corrected chi connectivity index (χ2v) is 9.26. The number of carbonyl (C=O) groups is 1. The van der Waals surface area contributed by atoms with Gasteiger partial charge in [-0.2, -0.15) is 0 Å². The third-order valence-electron chi connectivity index (χ3n) is 4.92. The van der Waals surface area contributed by atoms with E-state index in [9.17, 15) is 4.79 Å². The lowest BCUT2D eigenvalue weighted by molar-refractivity contribution is 0.0937. The highest BCUT2D eigenvalue weighted by Crippen LogP contribution is 2.25. The van der Waals surface area contributed by atoms with Crippen LogP contribution >= 0.6 is 23.1 Å². The normalized spacial score (nSPS) is 12.2. The molecule has 1 N–H and O–H groups in total. The van der Waals surface area contributed by atoms with Gasteiger partial charge in [0.25, 0.3) is 5.91 Å². The number of amides is 1. The van der Waals surface area contributed by atoms with Gasteiger partial charge in [0.1, 0.15) is 5.82 Å². The molecule has 0 saturated heterocycles. The van der Waals surface area contributed by atoms with Crippen LogP contribution in [0.25, 0.3) is 10.2 Å². The monoisotopic (exact) mass is 444 g/mol. The number of benzene rings is 1. The molecule has 8 heteroatoms. The lowest BCUT2D eigenvalue weighted by Crippen LogP contribution is -2.26. The number of nitrogens with one attached hydrogen (secondary N) is 1. The van der Waals surface area contributed by atoms with E-state index in [0.29, 0.717) is 24.6 Å². The van der Waals surface area contributed by atoms with Crippen molar-refractivity contribution in [2.45, 2.75) is 37.5 Å². The van der Waals surface area contributed by atoms with Gasteiger partial charge in [0, 0.05) is 42.9 Å². The van der Waals surface area contributed by atoms with Crippen LogP contribution in [0.3, 0.4) is 0 Å². The van der Waals surface area contributed by atoms with Gasteiger partial charge in [-0.05, 0) is 49.6 Å². The highest BCUT2D eigenvalue weighted by molar-refractivity contribution is 7.98. The molecule has 6 nitrogen and oxygen atoms in total. The summed E-state index contributed by atoms with van der Waals surface area (Å²) in [6, 6.07) is 5.69. The largest absolute Gasteiger partial charge is 0.383 e. The fraction of sp³-hybridized carbons (Fsp3) is 0.455. The van der Waals surface area contributed by atoms with Crippen LogP contribution in [0.15, 0.2) is 35.5 Å². The molecule has 0 unspecified atom stereocenters. The van der Waals surface area contributed by atoms with Gasteiger partial charge in [-0.3, -0.25) is 4.79 Å². The Morgan fingerprint density at radius 3 is 2.73 bits per heavy atom. The van der Waals surface area contributed by atoms with Crippen LogP contribution in [0.4, 0.5) is 0 Å². The Balaban J connectivity index is 1.50. The van der Waals surface area contributed by atoms with Crippen molar-refractivity contribution < 1.29 is 9.53 Å². The zero-order valence-corrected chi connectivity index (χ0v) is 19.3. The highest BCUT2D eigenvalue weighted by atomic mass is 32.2. The standard InChI is InChI=1S/C22H28N4O2S2/c1-15(4-8-20-24-13-17(29-3)14-25-20)5-9-21-26-18-7-6-16(12-19(18)30-21)22(27)23-10-11-28-2/h6-7,12-15H,4-5,8-11H2,1-3H3,(H,23,27)/t15-/m0/s1. The predicted octanol–water partition coefficient (Wildman–Crippen LogP) is 4.39. The van der Waals surface area contributed by atoms with Gasteiger partial charge in [0.2, 0.25) is 0 Å². The van der Waals surface area contributed by atoms with Gasteiger partial charge in [0.05, 0.1) is 21.8 Å².